The first kappa shape index (κ1) is 17.5. The Hall–Kier alpha value is -1.56. The topological polar surface area (TPSA) is 69.8 Å². The molecule has 5 nitrogen and oxygen atoms in total. The van der Waals surface area contributed by atoms with Crippen LogP contribution >= 0.6 is 24.0 Å². The van der Waals surface area contributed by atoms with E-state index in [1.807, 2.05) is 25.2 Å². The van der Waals surface area contributed by atoms with Crippen molar-refractivity contribution in [2.45, 2.75) is 6.42 Å². The Balaban J connectivity index is 0.00000220. The molecule has 0 unspecified atom stereocenters. The fourth-order valence-electron chi connectivity index (χ4n) is 1.81. The lowest BCUT2D eigenvalue weighted by Crippen LogP contribution is -2.26. The minimum absolute atomic E-state index is 0. The van der Waals surface area contributed by atoms with Crippen LogP contribution in [0.1, 0.15) is 16.9 Å². The number of rotatable bonds is 6. The highest BCUT2D eigenvalue weighted by molar-refractivity contribution is 6.33. The van der Waals surface area contributed by atoms with Crippen LogP contribution in [0.25, 0.3) is 11.3 Å². The molecule has 0 radical (unpaired) electrons. The van der Waals surface area contributed by atoms with E-state index in [2.05, 4.69) is 20.8 Å². The van der Waals surface area contributed by atoms with Crippen molar-refractivity contribution in [3.05, 3.63) is 41.0 Å². The molecular formula is C14H18Cl2N4O. The summed E-state index contributed by atoms with van der Waals surface area (Å²) in [6, 6.07) is 9.10. The molecule has 0 aliphatic carbocycles. The van der Waals surface area contributed by atoms with Gasteiger partial charge in [0.05, 0.1) is 10.7 Å². The second-order valence-corrected chi connectivity index (χ2v) is 4.77. The molecule has 0 aliphatic heterocycles. The molecular weight excluding hydrogens is 311 g/mol. The number of carbonyl (C=O) groups excluding carboxylic acids is 1. The van der Waals surface area contributed by atoms with Crippen LogP contribution in [0.3, 0.4) is 0 Å². The van der Waals surface area contributed by atoms with E-state index in [4.69, 9.17) is 11.6 Å². The molecule has 1 amide bonds. The molecule has 1 aromatic carbocycles. The molecule has 0 spiro atoms. The summed E-state index contributed by atoms with van der Waals surface area (Å²) in [5, 5.41) is 13.3. The molecule has 0 bridgehead atoms. The molecule has 2 rings (SSSR count). The van der Waals surface area contributed by atoms with E-state index in [-0.39, 0.29) is 18.3 Å². The van der Waals surface area contributed by atoms with Crippen LogP contribution < -0.4 is 10.6 Å². The third-order valence-corrected chi connectivity index (χ3v) is 3.19. The maximum Gasteiger partial charge on any atom is 0.269 e. The molecule has 3 N–H and O–H groups in total. The van der Waals surface area contributed by atoms with Gasteiger partial charge in [0, 0.05) is 12.1 Å². The summed E-state index contributed by atoms with van der Waals surface area (Å²) < 4.78 is 0. The number of nitrogens with one attached hydrogen (secondary N) is 3. The number of carbonyl (C=O) groups is 1. The van der Waals surface area contributed by atoms with Gasteiger partial charge in [-0.25, -0.2) is 0 Å². The van der Waals surface area contributed by atoms with E-state index in [9.17, 15) is 4.79 Å². The first-order valence-corrected chi connectivity index (χ1v) is 6.83. The predicted octanol–water partition coefficient (Wildman–Crippen LogP) is 2.49. The molecule has 0 atom stereocenters. The van der Waals surface area contributed by atoms with Gasteiger partial charge in [-0.15, -0.1) is 12.4 Å². The van der Waals surface area contributed by atoms with Crippen molar-refractivity contribution >= 4 is 29.9 Å². The van der Waals surface area contributed by atoms with E-state index < -0.39 is 0 Å². The molecule has 21 heavy (non-hydrogen) atoms. The van der Waals surface area contributed by atoms with Gasteiger partial charge in [-0.2, -0.15) is 5.10 Å². The second-order valence-electron chi connectivity index (χ2n) is 4.36. The van der Waals surface area contributed by atoms with Gasteiger partial charge < -0.3 is 10.6 Å². The summed E-state index contributed by atoms with van der Waals surface area (Å²) in [6.45, 7) is 1.49. The van der Waals surface area contributed by atoms with Gasteiger partial charge in [0.15, 0.2) is 0 Å². The molecule has 1 aromatic heterocycles. The number of benzene rings is 1. The lowest BCUT2D eigenvalue weighted by molar-refractivity contribution is 0.0948. The third-order valence-electron chi connectivity index (χ3n) is 2.86. The fourth-order valence-corrected chi connectivity index (χ4v) is 2.04. The Bertz CT molecular complexity index is 586. The van der Waals surface area contributed by atoms with Gasteiger partial charge >= 0.3 is 0 Å². The van der Waals surface area contributed by atoms with Crippen LogP contribution in [-0.2, 0) is 0 Å². The normalized spacial score (nSPS) is 10.0. The van der Waals surface area contributed by atoms with E-state index in [1.165, 1.54) is 0 Å². The summed E-state index contributed by atoms with van der Waals surface area (Å²) in [6.07, 6.45) is 0.883. The molecule has 0 saturated heterocycles. The highest BCUT2D eigenvalue weighted by Gasteiger charge is 2.11. The van der Waals surface area contributed by atoms with Crippen LogP contribution in [0.4, 0.5) is 0 Å². The number of H-pyrrole nitrogens is 1. The van der Waals surface area contributed by atoms with Crippen molar-refractivity contribution < 1.29 is 4.79 Å². The Morgan fingerprint density at radius 1 is 1.33 bits per heavy atom. The highest BCUT2D eigenvalue weighted by Crippen LogP contribution is 2.26. The zero-order valence-corrected chi connectivity index (χ0v) is 13.2. The third kappa shape index (κ3) is 4.74. The van der Waals surface area contributed by atoms with Crippen molar-refractivity contribution in [2.24, 2.45) is 0 Å². The second kappa shape index (κ2) is 8.67. The van der Waals surface area contributed by atoms with E-state index >= 15 is 0 Å². The van der Waals surface area contributed by atoms with Crippen molar-refractivity contribution in [2.75, 3.05) is 20.1 Å². The Morgan fingerprint density at radius 3 is 2.81 bits per heavy atom. The molecule has 0 fully saturated rings. The predicted molar refractivity (Wildman–Crippen MR) is 87.2 cm³/mol. The summed E-state index contributed by atoms with van der Waals surface area (Å²) >= 11 is 6.10. The van der Waals surface area contributed by atoms with Gasteiger partial charge in [0.1, 0.15) is 5.69 Å². The lowest BCUT2D eigenvalue weighted by atomic mass is 10.1. The number of nitrogens with zero attached hydrogens (tertiary/aromatic N) is 1. The first-order chi connectivity index (χ1) is 9.72. The van der Waals surface area contributed by atoms with Crippen molar-refractivity contribution in [1.29, 1.82) is 0 Å². The average Bonchev–Trinajstić information content (AvgIpc) is 2.93. The number of aromatic amines is 1. The smallest absolute Gasteiger partial charge is 0.269 e. The molecule has 7 heteroatoms. The maximum absolute atomic E-state index is 11.9. The zero-order valence-electron chi connectivity index (χ0n) is 11.6. The highest BCUT2D eigenvalue weighted by atomic mass is 35.5. The van der Waals surface area contributed by atoms with Crippen molar-refractivity contribution in [3.63, 3.8) is 0 Å². The Labute approximate surface area is 134 Å². The van der Waals surface area contributed by atoms with Crippen LogP contribution in [0, 0.1) is 0 Å². The number of hydrogen-bond donors (Lipinski definition) is 3. The van der Waals surface area contributed by atoms with Crippen LogP contribution in [-0.4, -0.2) is 36.2 Å². The monoisotopic (exact) mass is 328 g/mol. The number of halogens is 2. The SMILES string of the molecule is CNCCCNC(=O)c1cc(-c2ccccc2Cl)n[nH]1.Cl. The van der Waals surface area contributed by atoms with Gasteiger partial charge in [-0.1, -0.05) is 29.8 Å². The van der Waals surface area contributed by atoms with Gasteiger partial charge in [-0.3, -0.25) is 9.89 Å². The van der Waals surface area contributed by atoms with Gasteiger partial charge in [0.2, 0.25) is 0 Å². The average molecular weight is 329 g/mol. The number of aromatic nitrogens is 2. The summed E-state index contributed by atoms with van der Waals surface area (Å²) in [5.41, 5.74) is 1.90. The molecule has 114 valence electrons. The Kier molecular flexibility index (Phi) is 7.22. The van der Waals surface area contributed by atoms with Crippen LogP contribution in [0.15, 0.2) is 30.3 Å². The van der Waals surface area contributed by atoms with Crippen molar-refractivity contribution in [1.82, 2.24) is 20.8 Å². The fraction of sp³-hybridized carbons (Fsp3) is 0.286. The van der Waals surface area contributed by atoms with E-state index in [0.717, 1.165) is 18.5 Å². The van der Waals surface area contributed by atoms with Crippen LogP contribution in [0.2, 0.25) is 5.02 Å². The molecule has 0 saturated carbocycles. The zero-order chi connectivity index (χ0) is 14.4. The largest absolute Gasteiger partial charge is 0.351 e. The molecule has 0 aliphatic rings. The quantitative estimate of drug-likeness (QED) is 0.713. The van der Waals surface area contributed by atoms with E-state index in [1.54, 1.807) is 12.1 Å². The first-order valence-electron chi connectivity index (χ1n) is 6.45. The summed E-state index contributed by atoms with van der Waals surface area (Å²) in [5.74, 6) is -0.160. The maximum atomic E-state index is 11.9. The minimum Gasteiger partial charge on any atom is -0.351 e. The summed E-state index contributed by atoms with van der Waals surface area (Å²) in [4.78, 5) is 11.9. The molecule has 2 aromatic rings. The van der Waals surface area contributed by atoms with Gasteiger partial charge in [-0.05, 0) is 32.1 Å². The standard InChI is InChI=1S/C14H17ClN4O.ClH/c1-16-7-4-8-17-14(20)13-9-12(18-19-13)10-5-2-3-6-11(10)15;/h2-3,5-6,9,16H,4,7-8H2,1H3,(H,17,20)(H,18,19);1H. The lowest BCUT2D eigenvalue weighted by Gasteiger charge is -2.02. The van der Waals surface area contributed by atoms with Crippen LogP contribution in [0.5, 0.6) is 0 Å². The van der Waals surface area contributed by atoms with Crippen molar-refractivity contribution in [3.8, 4) is 11.3 Å². The molecule has 1 heterocycles. The minimum atomic E-state index is -0.160. The number of amides is 1. The van der Waals surface area contributed by atoms with E-state index in [0.29, 0.717) is 23.0 Å². The Morgan fingerprint density at radius 2 is 2.10 bits per heavy atom. The van der Waals surface area contributed by atoms with Gasteiger partial charge in [0.25, 0.3) is 5.91 Å². The summed E-state index contributed by atoms with van der Waals surface area (Å²) in [7, 11) is 1.88. The number of hydrogen-bond acceptors (Lipinski definition) is 3.